The molecule has 0 saturated heterocycles. The summed E-state index contributed by atoms with van der Waals surface area (Å²) in [4.78, 5) is 10.8. The summed E-state index contributed by atoms with van der Waals surface area (Å²) >= 11 is 0. The molecule has 0 spiro atoms. The second-order valence-corrected chi connectivity index (χ2v) is 3.78. The normalized spacial score (nSPS) is 12.6. The van der Waals surface area contributed by atoms with Crippen molar-refractivity contribution in [1.29, 1.82) is 0 Å². The van der Waals surface area contributed by atoms with Crippen molar-refractivity contribution in [3.63, 3.8) is 0 Å². The molecule has 0 bridgehead atoms. The van der Waals surface area contributed by atoms with Crippen LogP contribution in [0.1, 0.15) is 18.4 Å². The predicted molar refractivity (Wildman–Crippen MR) is 60.0 cm³/mol. The zero-order valence-corrected chi connectivity index (χ0v) is 8.77. The monoisotopic (exact) mass is 218 g/mol. The molecule has 0 aliphatic carbocycles. The third-order valence-corrected chi connectivity index (χ3v) is 2.72. The van der Waals surface area contributed by atoms with Gasteiger partial charge in [0.15, 0.2) is 0 Å². The van der Waals surface area contributed by atoms with Gasteiger partial charge in [-0.05, 0) is 23.9 Å². The quantitative estimate of drug-likeness (QED) is 0.840. The fourth-order valence-corrected chi connectivity index (χ4v) is 1.67. The summed E-state index contributed by atoms with van der Waals surface area (Å²) < 4.78 is 13.4. The molecule has 0 radical (unpaired) electrons. The van der Waals surface area contributed by atoms with E-state index in [1.807, 2.05) is 0 Å². The van der Waals surface area contributed by atoms with E-state index in [1.54, 1.807) is 37.3 Å². The van der Waals surface area contributed by atoms with Gasteiger partial charge >= 0.3 is 5.97 Å². The molecule has 0 saturated carbocycles. The van der Waals surface area contributed by atoms with Gasteiger partial charge in [-0.15, -0.1) is 0 Å². The van der Waals surface area contributed by atoms with Gasteiger partial charge in [0.2, 0.25) is 0 Å². The molecule has 3 heteroatoms. The largest absolute Gasteiger partial charge is 0.481 e. The molecule has 0 aliphatic heterocycles. The molecule has 16 heavy (non-hydrogen) atoms. The molecule has 0 heterocycles. The number of aliphatic carboxylic acids is 1. The van der Waals surface area contributed by atoms with Crippen molar-refractivity contribution in [2.24, 2.45) is 0 Å². The van der Waals surface area contributed by atoms with Crippen LogP contribution >= 0.6 is 0 Å². The lowest BCUT2D eigenvalue weighted by atomic mass is 9.98. The first-order valence-electron chi connectivity index (χ1n) is 5.00. The molecule has 2 rings (SSSR count). The van der Waals surface area contributed by atoms with Gasteiger partial charge in [-0.1, -0.05) is 30.3 Å². The van der Waals surface area contributed by atoms with Crippen molar-refractivity contribution in [3.05, 3.63) is 47.8 Å². The summed E-state index contributed by atoms with van der Waals surface area (Å²) in [6.07, 6.45) is 0. The lowest BCUT2D eigenvalue weighted by Crippen LogP contribution is -2.07. The summed E-state index contributed by atoms with van der Waals surface area (Å²) in [5.41, 5.74) is 0.686. The minimum absolute atomic E-state index is 0.285. The van der Waals surface area contributed by atoms with Crippen molar-refractivity contribution in [2.75, 3.05) is 0 Å². The molecular weight excluding hydrogens is 207 g/mol. The Hall–Kier alpha value is -1.90. The second-order valence-electron chi connectivity index (χ2n) is 3.78. The number of fused-ring (bicyclic) bond motifs is 1. The van der Waals surface area contributed by atoms with Crippen molar-refractivity contribution in [1.82, 2.24) is 0 Å². The maximum atomic E-state index is 13.4. The van der Waals surface area contributed by atoms with Crippen LogP contribution in [0.2, 0.25) is 0 Å². The maximum Gasteiger partial charge on any atom is 0.310 e. The van der Waals surface area contributed by atoms with Crippen LogP contribution in [-0.4, -0.2) is 11.1 Å². The van der Waals surface area contributed by atoms with Crippen LogP contribution in [0, 0.1) is 5.82 Å². The van der Waals surface area contributed by atoms with Gasteiger partial charge in [0.05, 0.1) is 5.92 Å². The van der Waals surface area contributed by atoms with E-state index in [4.69, 9.17) is 5.11 Å². The minimum atomic E-state index is -0.879. The van der Waals surface area contributed by atoms with E-state index in [2.05, 4.69) is 0 Å². The van der Waals surface area contributed by atoms with E-state index in [-0.39, 0.29) is 5.82 Å². The van der Waals surface area contributed by atoms with Crippen LogP contribution in [-0.2, 0) is 4.79 Å². The maximum absolute atomic E-state index is 13.4. The highest BCUT2D eigenvalue weighted by Crippen LogP contribution is 2.23. The second kappa shape index (κ2) is 3.93. The summed E-state index contributed by atoms with van der Waals surface area (Å²) in [5, 5.41) is 10.1. The Balaban J connectivity index is 2.57. The molecule has 0 fully saturated rings. The number of hydrogen-bond donors (Lipinski definition) is 1. The number of carbonyl (C=O) groups is 1. The number of carboxylic acids is 1. The Labute approximate surface area is 92.3 Å². The van der Waals surface area contributed by atoms with Gasteiger partial charge in [0, 0.05) is 5.39 Å². The number of hydrogen-bond acceptors (Lipinski definition) is 1. The topological polar surface area (TPSA) is 37.3 Å². The Kier molecular flexibility index (Phi) is 2.60. The highest BCUT2D eigenvalue weighted by Gasteiger charge is 2.14. The van der Waals surface area contributed by atoms with Gasteiger partial charge in [0.1, 0.15) is 5.82 Å². The third kappa shape index (κ3) is 1.76. The van der Waals surface area contributed by atoms with E-state index in [9.17, 15) is 9.18 Å². The SMILES string of the molecule is CC(C(=O)O)c1ccc2c(F)cccc2c1. The zero-order valence-electron chi connectivity index (χ0n) is 8.77. The average Bonchev–Trinajstić information content (AvgIpc) is 2.28. The molecule has 0 aliphatic rings. The molecule has 82 valence electrons. The molecule has 1 atom stereocenters. The Morgan fingerprint density at radius 1 is 1.31 bits per heavy atom. The van der Waals surface area contributed by atoms with Gasteiger partial charge in [0.25, 0.3) is 0 Å². The molecular formula is C13H11FO2. The fourth-order valence-electron chi connectivity index (χ4n) is 1.67. The molecule has 1 N–H and O–H groups in total. The Bertz CT molecular complexity index is 549. The standard InChI is InChI=1S/C13H11FO2/c1-8(13(15)16)9-5-6-11-10(7-9)3-2-4-12(11)14/h2-8H,1H3,(H,15,16). The van der Waals surface area contributed by atoms with Crippen molar-refractivity contribution in [2.45, 2.75) is 12.8 Å². The minimum Gasteiger partial charge on any atom is -0.481 e. The van der Waals surface area contributed by atoms with Crippen molar-refractivity contribution in [3.8, 4) is 0 Å². The summed E-state index contributed by atoms with van der Waals surface area (Å²) in [6, 6.07) is 9.78. The molecule has 2 aromatic rings. The summed E-state index contributed by atoms with van der Waals surface area (Å²) in [7, 11) is 0. The van der Waals surface area contributed by atoms with E-state index in [1.165, 1.54) is 6.07 Å². The van der Waals surface area contributed by atoms with Gasteiger partial charge in [-0.2, -0.15) is 0 Å². The average molecular weight is 218 g/mol. The fraction of sp³-hybridized carbons (Fsp3) is 0.154. The van der Waals surface area contributed by atoms with Gasteiger partial charge in [-0.25, -0.2) is 4.39 Å². The lowest BCUT2D eigenvalue weighted by molar-refractivity contribution is -0.138. The van der Waals surface area contributed by atoms with Gasteiger partial charge < -0.3 is 5.11 Å². The predicted octanol–water partition coefficient (Wildman–Crippen LogP) is 3.17. The highest BCUT2D eigenvalue weighted by atomic mass is 19.1. The van der Waals surface area contributed by atoms with E-state index >= 15 is 0 Å². The molecule has 0 amide bonds. The molecule has 0 aromatic heterocycles. The van der Waals surface area contributed by atoms with Crippen LogP contribution in [0.5, 0.6) is 0 Å². The molecule has 1 unspecified atom stereocenters. The van der Waals surface area contributed by atoms with E-state index in [0.717, 1.165) is 5.39 Å². The van der Waals surface area contributed by atoms with E-state index < -0.39 is 11.9 Å². The number of carboxylic acid groups (broad SMARTS) is 1. The zero-order chi connectivity index (χ0) is 11.7. The van der Waals surface area contributed by atoms with Crippen LogP contribution in [0.15, 0.2) is 36.4 Å². The number of rotatable bonds is 2. The highest BCUT2D eigenvalue weighted by molar-refractivity contribution is 5.85. The van der Waals surface area contributed by atoms with E-state index in [0.29, 0.717) is 10.9 Å². The van der Waals surface area contributed by atoms with Crippen LogP contribution < -0.4 is 0 Å². The van der Waals surface area contributed by atoms with Crippen molar-refractivity contribution >= 4 is 16.7 Å². The first-order valence-corrected chi connectivity index (χ1v) is 5.00. The first-order chi connectivity index (χ1) is 7.59. The smallest absolute Gasteiger partial charge is 0.310 e. The molecule has 2 nitrogen and oxygen atoms in total. The van der Waals surface area contributed by atoms with Crippen molar-refractivity contribution < 1.29 is 14.3 Å². The Morgan fingerprint density at radius 2 is 2.06 bits per heavy atom. The lowest BCUT2D eigenvalue weighted by Gasteiger charge is -2.08. The summed E-state index contributed by atoms with van der Waals surface area (Å²) in [5.74, 6) is -1.74. The number of benzene rings is 2. The molecule has 2 aromatic carbocycles. The van der Waals surface area contributed by atoms with Crippen LogP contribution in [0.3, 0.4) is 0 Å². The number of halogens is 1. The summed E-state index contributed by atoms with van der Waals surface area (Å²) in [6.45, 7) is 1.61. The third-order valence-electron chi connectivity index (χ3n) is 2.72. The van der Waals surface area contributed by atoms with Crippen LogP contribution in [0.25, 0.3) is 10.8 Å². The van der Waals surface area contributed by atoms with Crippen LogP contribution in [0.4, 0.5) is 4.39 Å². The first kappa shape index (κ1) is 10.6. The van der Waals surface area contributed by atoms with Gasteiger partial charge in [-0.3, -0.25) is 4.79 Å². The Morgan fingerprint density at radius 3 is 2.75 bits per heavy atom.